The molecule has 0 radical (unpaired) electrons. The van der Waals surface area contributed by atoms with Gasteiger partial charge in [0.05, 0.1) is 18.9 Å². The van der Waals surface area contributed by atoms with Gasteiger partial charge in [0.1, 0.15) is 11.4 Å². The zero-order valence-corrected chi connectivity index (χ0v) is 27.2. The minimum atomic E-state index is -0.196. The van der Waals surface area contributed by atoms with Crippen LogP contribution in [0.25, 0.3) is 11.1 Å². The van der Waals surface area contributed by atoms with Crippen molar-refractivity contribution in [2.75, 3.05) is 36.9 Å². The average molecular weight is 610 g/mol. The molecule has 9 nitrogen and oxygen atoms in total. The number of pyridine rings is 1. The molecule has 1 aliphatic rings. The molecule has 4 aromatic rings. The Morgan fingerprint density at radius 1 is 0.933 bits per heavy atom. The number of rotatable bonds is 7. The highest BCUT2D eigenvalue weighted by atomic mass is 16.5. The van der Waals surface area contributed by atoms with Crippen molar-refractivity contribution >= 4 is 28.9 Å². The Kier molecular flexibility index (Phi) is 9.02. The molecule has 0 unspecified atom stereocenters. The van der Waals surface area contributed by atoms with E-state index in [9.17, 15) is 14.4 Å². The maximum absolute atomic E-state index is 13.4. The lowest BCUT2D eigenvalue weighted by atomic mass is 9.86. The van der Waals surface area contributed by atoms with Crippen LogP contribution in [0.3, 0.4) is 0 Å². The second-order valence-electron chi connectivity index (χ2n) is 13.0. The largest absolute Gasteiger partial charge is 0.378 e. The van der Waals surface area contributed by atoms with Gasteiger partial charge in [0.2, 0.25) is 0 Å². The highest BCUT2D eigenvalue weighted by Crippen LogP contribution is 2.31. The highest BCUT2D eigenvalue weighted by molar-refractivity contribution is 6.05. The Balaban J connectivity index is 1.42. The van der Waals surface area contributed by atoms with Gasteiger partial charge in [0, 0.05) is 55.4 Å². The molecule has 2 aromatic heterocycles. The predicted molar refractivity (Wildman–Crippen MR) is 180 cm³/mol. The van der Waals surface area contributed by atoms with Crippen molar-refractivity contribution in [2.45, 2.75) is 53.0 Å². The van der Waals surface area contributed by atoms with Gasteiger partial charge >= 0.3 is 0 Å². The van der Waals surface area contributed by atoms with Crippen LogP contribution in [0, 0.1) is 6.92 Å². The molecule has 5 rings (SSSR count). The van der Waals surface area contributed by atoms with Gasteiger partial charge in [-0.25, -0.2) is 0 Å². The van der Waals surface area contributed by atoms with Gasteiger partial charge in [-0.05, 0) is 73.2 Å². The number of carbonyl (C=O) groups excluding carboxylic acids is 2. The zero-order chi connectivity index (χ0) is 32.5. The number of ether oxygens (including phenoxy) is 1. The number of benzene rings is 2. The summed E-state index contributed by atoms with van der Waals surface area (Å²) in [6.07, 6.45) is 3.67. The first-order chi connectivity index (χ1) is 21.3. The van der Waals surface area contributed by atoms with E-state index in [4.69, 9.17) is 4.74 Å². The van der Waals surface area contributed by atoms with Crippen LogP contribution in [0.5, 0.6) is 0 Å². The molecule has 1 saturated heterocycles. The summed E-state index contributed by atoms with van der Waals surface area (Å²) in [5.41, 5.74) is 6.44. The van der Waals surface area contributed by atoms with Gasteiger partial charge in [-0.3, -0.25) is 14.4 Å². The lowest BCUT2D eigenvalue weighted by Gasteiger charge is -2.27. The summed E-state index contributed by atoms with van der Waals surface area (Å²) >= 11 is 0. The first kappa shape index (κ1) is 31.8. The van der Waals surface area contributed by atoms with E-state index >= 15 is 0 Å². The summed E-state index contributed by atoms with van der Waals surface area (Å²) in [6.45, 7) is 14.6. The van der Waals surface area contributed by atoms with Gasteiger partial charge < -0.3 is 29.4 Å². The summed E-state index contributed by atoms with van der Waals surface area (Å²) in [5, 5.41) is 6.34. The molecule has 2 aromatic carbocycles. The molecule has 0 spiro atoms. The number of morpholine rings is 1. The predicted octanol–water partition coefficient (Wildman–Crippen LogP) is 6.51. The van der Waals surface area contributed by atoms with Crippen molar-refractivity contribution in [3.63, 3.8) is 0 Å². The Morgan fingerprint density at radius 2 is 1.62 bits per heavy atom. The molecule has 0 atom stereocenters. The number of amides is 2. The van der Waals surface area contributed by atoms with E-state index in [0.29, 0.717) is 54.6 Å². The molecule has 236 valence electrons. The number of aromatic nitrogens is 2. The lowest BCUT2D eigenvalue weighted by Crippen LogP contribution is -2.41. The molecule has 0 bridgehead atoms. The molecule has 2 N–H and O–H groups in total. The number of nitrogens with zero attached hydrogens (tertiary/aromatic N) is 3. The van der Waals surface area contributed by atoms with Crippen molar-refractivity contribution in [3.8, 4) is 11.1 Å². The number of nitrogens with one attached hydrogen (secondary N) is 2. The standard InChI is InChI=1S/C36H43N5O4/c1-23(2)41-22-28(20-32(41)35(44)40-15-17-45-18-16-40)37-31-19-26(21-39(7)34(31)43)29-9-8-10-30(24(29)3)38-33(42)25-11-13-27(14-12-25)36(4,5)6/h8-14,19-23,37H,15-18H2,1-7H3,(H,38,42). The van der Waals surface area contributed by atoms with Crippen LogP contribution in [-0.4, -0.2) is 52.2 Å². The van der Waals surface area contributed by atoms with Gasteiger partial charge in [-0.1, -0.05) is 45.0 Å². The van der Waals surface area contributed by atoms with Crippen LogP contribution >= 0.6 is 0 Å². The maximum Gasteiger partial charge on any atom is 0.274 e. The third-order valence-corrected chi connectivity index (χ3v) is 8.29. The van der Waals surface area contributed by atoms with Crippen LogP contribution in [0.15, 0.2) is 71.8 Å². The molecule has 1 aliphatic heterocycles. The van der Waals surface area contributed by atoms with E-state index < -0.39 is 0 Å². The van der Waals surface area contributed by atoms with E-state index in [-0.39, 0.29) is 28.8 Å². The summed E-state index contributed by atoms with van der Waals surface area (Å²) < 4.78 is 8.89. The third kappa shape index (κ3) is 6.88. The molecular weight excluding hydrogens is 566 g/mol. The van der Waals surface area contributed by atoms with Crippen molar-refractivity contribution in [3.05, 3.63) is 99.7 Å². The summed E-state index contributed by atoms with van der Waals surface area (Å²) in [7, 11) is 1.71. The van der Waals surface area contributed by atoms with Gasteiger partial charge in [0.15, 0.2) is 0 Å². The monoisotopic (exact) mass is 609 g/mol. The normalized spacial score (nSPS) is 13.6. The second-order valence-corrected chi connectivity index (χ2v) is 13.0. The Labute approximate surface area is 264 Å². The fourth-order valence-corrected chi connectivity index (χ4v) is 5.58. The summed E-state index contributed by atoms with van der Waals surface area (Å²) in [5.74, 6) is -0.239. The van der Waals surface area contributed by atoms with Crippen molar-refractivity contribution in [1.82, 2.24) is 14.0 Å². The van der Waals surface area contributed by atoms with Crippen molar-refractivity contribution < 1.29 is 14.3 Å². The molecule has 2 amide bonds. The van der Waals surface area contributed by atoms with Crippen LogP contribution in [-0.2, 0) is 17.2 Å². The lowest BCUT2D eigenvalue weighted by molar-refractivity contribution is 0.0295. The first-order valence-corrected chi connectivity index (χ1v) is 15.4. The molecule has 45 heavy (non-hydrogen) atoms. The van der Waals surface area contributed by atoms with Crippen molar-refractivity contribution in [1.29, 1.82) is 0 Å². The van der Waals surface area contributed by atoms with E-state index in [0.717, 1.165) is 22.3 Å². The maximum atomic E-state index is 13.4. The quantitative estimate of drug-likeness (QED) is 0.249. The smallest absolute Gasteiger partial charge is 0.274 e. The van der Waals surface area contributed by atoms with E-state index in [1.807, 2.05) is 80.1 Å². The summed E-state index contributed by atoms with van der Waals surface area (Å²) in [4.78, 5) is 41.6. The minimum absolute atomic E-state index is 0.00441. The molecule has 3 heterocycles. The number of carbonyl (C=O) groups is 2. The Hall–Kier alpha value is -4.63. The average Bonchev–Trinajstić information content (AvgIpc) is 3.44. The third-order valence-electron chi connectivity index (χ3n) is 8.29. The SMILES string of the molecule is Cc1c(NC(=O)c2ccc(C(C)(C)C)cc2)cccc1-c1cc(Nc2cc(C(=O)N3CCOCC3)n(C(C)C)c2)c(=O)n(C)c1. The molecule has 0 aliphatic carbocycles. The van der Waals surface area contributed by atoms with Gasteiger partial charge in [-0.2, -0.15) is 0 Å². The fourth-order valence-electron chi connectivity index (χ4n) is 5.58. The Morgan fingerprint density at radius 3 is 2.27 bits per heavy atom. The fraction of sp³-hybridized carbons (Fsp3) is 0.361. The topological polar surface area (TPSA) is 97.6 Å². The van der Waals surface area contributed by atoms with Crippen LogP contribution < -0.4 is 16.2 Å². The van der Waals surface area contributed by atoms with Crippen molar-refractivity contribution in [2.24, 2.45) is 7.05 Å². The number of hydrogen-bond acceptors (Lipinski definition) is 5. The minimum Gasteiger partial charge on any atom is -0.378 e. The molecule has 0 saturated carbocycles. The molecular formula is C36H43N5O4. The highest BCUT2D eigenvalue weighted by Gasteiger charge is 2.24. The Bertz CT molecular complexity index is 1770. The van der Waals surface area contributed by atoms with Crippen LogP contribution in [0.1, 0.15) is 72.6 Å². The summed E-state index contributed by atoms with van der Waals surface area (Å²) in [6, 6.07) is 17.1. The molecule has 1 fully saturated rings. The number of aryl methyl sites for hydroxylation is 1. The van der Waals surface area contributed by atoms with E-state index in [1.54, 1.807) is 28.8 Å². The molecule has 9 heteroatoms. The number of anilines is 3. The number of hydrogen-bond donors (Lipinski definition) is 2. The first-order valence-electron chi connectivity index (χ1n) is 15.4. The van der Waals surface area contributed by atoms with Crippen LogP contribution in [0.4, 0.5) is 17.1 Å². The van der Waals surface area contributed by atoms with Gasteiger partial charge in [0.25, 0.3) is 17.4 Å². The van der Waals surface area contributed by atoms with E-state index in [2.05, 4.69) is 31.4 Å². The van der Waals surface area contributed by atoms with Crippen LogP contribution in [0.2, 0.25) is 0 Å². The van der Waals surface area contributed by atoms with Gasteiger partial charge in [-0.15, -0.1) is 0 Å². The second kappa shape index (κ2) is 12.8. The van der Waals surface area contributed by atoms with E-state index in [1.165, 1.54) is 0 Å². The zero-order valence-electron chi connectivity index (χ0n) is 27.2.